The van der Waals surface area contributed by atoms with E-state index in [9.17, 15) is 0 Å². The van der Waals surface area contributed by atoms with Gasteiger partial charge in [-0.3, -0.25) is 0 Å². The molecule has 0 unspecified atom stereocenters. The quantitative estimate of drug-likeness (QED) is 0.672. The first kappa shape index (κ1) is 11.9. The molecule has 77 valence electrons. The van der Waals surface area contributed by atoms with E-state index >= 15 is 0 Å². The van der Waals surface area contributed by atoms with Gasteiger partial charge in [0.2, 0.25) is 0 Å². The van der Waals surface area contributed by atoms with Gasteiger partial charge in [0.25, 0.3) is 0 Å². The van der Waals surface area contributed by atoms with Crippen LogP contribution in [0.5, 0.6) is 0 Å². The van der Waals surface area contributed by atoms with E-state index in [0.29, 0.717) is 5.02 Å². The van der Waals surface area contributed by atoms with Crippen LogP contribution < -0.4 is 0 Å². The first-order chi connectivity index (χ1) is 6.65. The zero-order valence-electron chi connectivity index (χ0n) is 8.61. The van der Waals surface area contributed by atoms with Crippen molar-refractivity contribution in [3.05, 3.63) is 39.7 Å². The summed E-state index contributed by atoms with van der Waals surface area (Å²) in [7, 11) is 0. The molecule has 0 nitrogen and oxygen atoms in total. The van der Waals surface area contributed by atoms with Crippen molar-refractivity contribution in [2.24, 2.45) is 0 Å². The number of hydrogen-bond donors (Lipinski definition) is 0. The Bertz CT molecular complexity index is 294. The van der Waals surface area contributed by atoms with Crippen LogP contribution in [0.2, 0.25) is 10.0 Å². The predicted molar refractivity (Wildman–Crippen MR) is 64.0 cm³/mol. The van der Waals surface area contributed by atoms with Gasteiger partial charge in [0.05, 0.1) is 0 Å². The van der Waals surface area contributed by atoms with Crippen LogP contribution in [0.15, 0.2) is 18.2 Å². The smallest absolute Gasteiger partial charge is 0.0458 e. The summed E-state index contributed by atoms with van der Waals surface area (Å²) in [6.45, 7) is 4.32. The summed E-state index contributed by atoms with van der Waals surface area (Å²) in [6.07, 6.45) is 3.53. The van der Waals surface area contributed by atoms with Crippen molar-refractivity contribution in [2.45, 2.75) is 33.1 Å². The minimum Gasteiger partial charge on any atom is -0.0843 e. The molecule has 0 aromatic heterocycles. The van der Waals surface area contributed by atoms with Crippen molar-refractivity contribution < 1.29 is 0 Å². The fourth-order valence-electron chi connectivity index (χ4n) is 1.41. The van der Waals surface area contributed by atoms with E-state index in [1.54, 1.807) is 6.07 Å². The molecule has 0 aliphatic carbocycles. The molecule has 1 radical (unpaired) electrons. The van der Waals surface area contributed by atoms with Gasteiger partial charge in [-0.2, -0.15) is 0 Å². The lowest BCUT2D eigenvalue weighted by Crippen LogP contribution is -1.95. The minimum atomic E-state index is 0.696. The van der Waals surface area contributed by atoms with Crippen LogP contribution in [0.1, 0.15) is 38.7 Å². The zero-order chi connectivity index (χ0) is 10.6. The van der Waals surface area contributed by atoms with E-state index in [1.165, 1.54) is 18.8 Å². The van der Waals surface area contributed by atoms with Crippen LogP contribution in [0.3, 0.4) is 0 Å². The summed E-state index contributed by atoms with van der Waals surface area (Å²) in [5, 5.41) is 1.45. The normalized spacial score (nSPS) is 10.9. The number of rotatable bonds is 4. The Kier molecular flexibility index (Phi) is 4.77. The molecular weight excluding hydrogens is 215 g/mol. The van der Waals surface area contributed by atoms with Gasteiger partial charge >= 0.3 is 0 Å². The summed E-state index contributed by atoms with van der Waals surface area (Å²) in [6, 6.07) is 5.68. The molecule has 14 heavy (non-hydrogen) atoms. The first-order valence-electron chi connectivity index (χ1n) is 4.93. The first-order valence-corrected chi connectivity index (χ1v) is 5.68. The molecule has 0 aliphatic rings. The molecule has 0 amide bonds. The van der Waals surface area contributed by atoms with Crippen LogP contribution in [0.4, 0.5) is 0 Å². The lowest BCUT2D eigenvalue weighted by atomic mass is 9.96. The molecular formula is C12H15Cl2. The molecule has 0 bridgehead atoms. The van der Waals surface area contributed by atoms with Crippen LogP contribution in [-0.4, -0.2) is 0 Å². The molecule has 2 heteroatoms. The van der Waals surface area contributed by atoms with Gasteiger partial charge in [-0.05, 0) is 24.1 Å². The fourth-order valence-corrected chi connectivity index (χ4v) is 1.98. The van der Waals surface area contributed by atoms with Gasteiger partial charge < -0.3 is 0 Å². The Morgan fingerprint density at radius 3 is 2.57 bits per heavy atom. The largest absolute Gasteiger partial charge is 0.0843 e. The zero-order valence-corrected chi connectivity index (χ0v) is 10.1. The van der Waals surface area contributed by atoms with Gasteiger partial charge in [0.15, 0.2) is 0 Å². The Morgan fingerprint density at radius 2 is 2.00 bits per heavy atom. The van der Waals surface area contributed by atoms with E-state index < -0.39 is 0 Å². The molecule has 1 aromatic rings. The topological polar surface area (TPSA) is 0 Å². The standard InChI is InChI=1S/C12H15Cl2/c1-3-4-5-9(2)11-7-6-10(13)8-12(11)14/h6-8H,3-5H2,1-2H3. The van der Waals surface area contributed by atoms with Crippen LogP contribution in [0.25, 0.3) is 0 Å². The summed E-state index contributed by atoms with van der Waals surface area (Å²) >= 11 is 11.9. The Labute approximate surface area is 96.2 Å². The Hall–Kier alpha value is -0.200. The highest BCUT2D eigenvalue weighted by molar-refractivity contribution is 6.35. The molecule has 0 fully saturated rings. The SMILES string of the molecule is CCCC[C](C)c1ccc(Cl)cc1Cl. The number of hydrogen-bond acceptors (Lipinski definition) is 0. The third-order valence-corrected chi connectivity index (χ3v) is 2.84. The van der Waals surface area contributed by atoms with Crippen LogP contribution in [0, 0.1) is 5.92 Å². The van der Waals surface area contributed by atoms with Crippen molar-refractivity contribution in [1.29, 1.82) is 0 Å². The number of halogens is 2. The molecule has 0 saturated heterocycles. The number of benzene rings is 1. The highest BCUT2D eigenvalue weighted by Crippen LogP contribution is 2.29. The second kappa shape index (κ2) is 5.63. The molecule has 0 N–H and O–H groups in total. The maximum absolute atomic E-state index is 6.10. The van der Waals surface area contributed by atoms with Gasteiger partial charge in [-0.1, -0.05) is 56.0 Å². The molecule has 0 aliphatic heterocycles. The highest BCUT2D eigenvalue weighted by Gasteiger charge is 2.09. The van der Waals surface area contributed by atoms with Gasteiger partial charge in [0, 0.05) is 16.0 Å². The van der Waals surface area contributed by atoms with Gasteiger partial charge in [-0.25, -0.2) is 0 Å². The highest BCUT2D eigenvalue weighted by atomic mass is 35.5. The molecule has 1 rings (SSSR count). The lowest BCUT2D eigenvalue weighted by Gasteiger charge is -2.12. The van der Waals surface area contributed by atoms with Crippen molar-refractivity contribution in [1.82, 2.24) is 0 Å². The monoisotopic (exact) mass is 229 g/mol. The molecule has 0 atom stereocenters. The average molecular weight is 230 g/mol. The molecule has 1 aromatic carbocycles. The second-order valence-corrected chi connectivity index (χ2v) is 4.35. The Morgan fingerprint density at radius 1 is 1.29 bits per heavy atom. The van der Waals surface area contributed by atoms with E-state index in [0.717, 1.165) is 17.0 Å². The van der Waals surface area contributed by atoms with Crippen LogP contribution in [-0.2, 0) is 0 Å². The molecule has 0 spiro atoms. The third kappa shape index (κ3) is 3.18. The van der Waals surface area contributed by atoms with Crippen LogP contribution >= 0.6 is 23.2 Å². The number of unbranched alkanes of at least 4 members (excludes halogenated alkanes) is 1. The van der Waals surface area contributed by atoms with E-state index in [-0.39, 0.29) is 0 Å². The Balaban J connectivity index is 2.74. The fraction of sp³-hybridized carbons (Fsp3) is 0.417. The van der Waals surface area contributed by atoms with Crippen molar-refractivity contribution in [3.8, 4) is 0 Å². The third-order valence-electron chi connectivity index (χ3n) is 2.30. The summed E-state index contributed by atoms with van der Waals surface area (Å²) < 4.78 is 0. The van der Waals surface area contributed by atoms with Crippen molar-refractivity contribution >= 4 is 23.2 Å². The van der Waals surface area contributed by atoms with E-state index in [2.05, 4.69) is 13.8 Å². The van der Waals surface area contributed by atoms with Crippen molar-refractivity contribution in [3.63, 3.8) is 0 Å². The van der Waals surface area contributed by atoms with Gasteiger partial charge in [0.1, 0.15) is 0 Å². The summed E-state index contributed by atoms with van der Waals surface area (Å²) in [5.74, 6) is 1.34. The van der Waals surface area contributed by atoms with E-state index in [4.69, 9.17) is 23.2 Å². The van der Waals surface area contributed by atoms with Gasteiger partial charge in [-0.15, -0.1) is 0 Å². The summed E-state index contributed by atoms with van der Waals surface area (Å²) in [5.41, 5.74) is 1.13. The van der Waals surface area contributed by atoms with E-state index in [1.807, 2.05) is 12.1 Å². The second-order valence-electron chi connectivity index (χ2n) is 3.51. The average Bonchev–Trinajstić information content (AvgIpc) is 2.14. The lowest BCUT2D eigenvalue weighted by molar-refractivity contribution is 0.743. The predicted octanol–water partition coefficient (Wildman–Crippen LogP) is 5.13. The minimum absolute atomic E-state index is 0.696. The maximum atomic E-state index is 6.10. The van der Waals surface area contributed by atoms with Crippen molar-refractivity contribution in [2.75, 3.05) is 0 Å². The molecule has 0 saturated carbocycles. The molecule has 0 heterocycles. The summed E-state index contributed by atoms with van der Waals surface area (Å²) in [4.78, 5) is 0. The maximum Gasteiger partial charge on any atom is 0.0458 e.